The number of benzene rings is 1. The molecule has 1 aromatic carbocycles. The van der Waals surface area contributed by atoms with Gasteiger partial charge in [0.1, 0.15) is 0 Å². The van der Waals surface area contributed by atoms with Crippen LogP contribution in [0.3, 0.4) is 0 Å². The quantitative estimate of drug-likeness (QED) is 0.775. The molecule has 1 aliphatic heterocycles. The Kier molecular flexibility index (Phi) is 5.95. The second kappa shape index (κ2) is 7.94. The van der Waals surface area contributed by atoms with Crippen molar-refractivity contribution in [1.29, 1.82) is 0 Å². The van der Waals surface area contributed by atoms with Crippen LogP contribution in [0.5, 0.6) is 0 Å². The summed E-state index contributed by atoms with van der Waals surface area (Å²) in [5.41, 5.74) is 1.05. The minimum atomic E-state index is -0.135. The van der Waals surface area contributed by atoms with E-state index in [1.165, 1.54) is 0 Å². The van der Waals surface area contributed by atoms with Gasteiger partial charge in [-0.2, -0.15) is 0 Å². The average molecular weight is 303 g/mol. The Morgan fingerprint density at radius 1 is 1.27 bits per heavy atom. The fourth-order valence-corrected chi connectivity index (χ4v) is 2.64. The van der Waals surface area contributed by atoms with Crippen LogP contribution in [-0.4, -0.2) is 37.0 Å². The summed E-state index contributed by atoms with van der Waals surface area (Å²) in [5.74, 6) is -0.255. The first-order chi connectivity index (χ1) is 10.6. The molecule has 0 radical (unpaired) electrons. The van der Waals surface area contributed by atoms with Crippen molar-refractivity contribution in [3.05, 3.63) is 35.4 Å². The van der Waals surface area contributed by atoms with E-state index in [2.05, 4.69) is 22.9 Å². The summed E-state index contributed by atoms with van der Waals surface area (Å²) in [6.07, 6.45) is 2.93. The molecule has 2 atom stereocenters. The highest BCUT2D eigenvalue weighted by atomic mass is 16.2. The average Bonchev–Trinajstić information content (AvgIpc) is 2.54. The van der Waals surface area contributed by atoms with Crippen molar-refractivity contribution in [2.75, 3.05) is 13.1 Å². The first-order valence-corrected chi connectivity index (χ1v) is 8.04. The molecule has 0 saturated carbocycles. The van der Waals surface area contributed by atoms with Gasteiger partial charge in [0.05, 0.1) is 0 Å². The van der Waals surface area contributed by atoms with Gasteiger partial charge in [-0.25, -0.2) is 0 Å². The number of nitrogens with one attached hydrogen (secondary N) is 3. The van der Waals surface area contributed by atoms with Crippen molar-refractivity contribution in [1.82, 2.24) is 16.0 Å². The van der Waals surface area contributed by atoms with E-state index in [1.807, 2.05) is 6.92 Å². The van der Waals surface area contributed by atoms with Crippen LogP contribution in [0.15, 0.2) is 24.3 Å². The summed E-state index contributed by atoms with van der Waals surface area (Å²) in [7, 11) is 0. The Morgan fingerprint density at radius 2 is 2.00 bits per heavy atom. The van der Waals surface area contributed by atoms with Gasteiger partial charge in [-0.15, -0.1) is 0 Å². The predicted molar refractivity (Wildman–Crippen MR) is 87.0 cm³/mol. The maximum Gasteiger partial charge on any atom is 0.251 e. The van der Waals surface area contributed by atoms with Crippen molar-refractivity contribution in [3.63, 3.8) is 0 Å². The van der Waals surface area contributed by atoms with Crippen LogP contribution < -0.4 is 16.0 Å². The molecule has 1 aromatic rings. The summed E-state index contributed by atoms with van der Waals surface area (Å²) in [6, 6.07) is 7.28. The molecule has 2 unspecified atom stereocenters. The van der Waals surface area contributed by atoms with Gasteiger partial charge < -0.3 is 16.0 Å². The number of carbonyl (C=O) groups is 2. The van der Waals surface area contributed by atoms with Gasteiger partial charge in [0.2, 0.25) is 0 Å². The highest BCUT2D eigenvalue weighted by Crippen LogP contribution is 2.11. The molecule has 1 saturated heterocycles. The summed E-state index contributed by atoms with van der Waals surface area (Å²) >= 11 is 0. The van der Waals surface area contributed by atoms with E-state index >= 15 is 0 Å². The molecule has 2 rings (SSSR count). The van der Waals surface area contributed by atoms with E-state index in [-0.39, 0.29) is 23.9 Å². The first-order valence-electron chi connectivity index (χ1n) is 8.04. The monoisotopic (exact) mass is 303 g/mol. The summed E-state index contributed by atoms with van der Waals surface area (Å²) in [5, 5.41) is 9.25. The van der Waals surface area contributed by atoms with Crippen molar-refractivity contribution in [2.45, 2.75) is 45.2 Å². The molecule has 5 nitrogen and oxygen atoms in total. The molecule has 120 valence electrons. The van der Waals surface area contributed by atoms with Crippen LogP contribution in [0, 0.1) is 0 Å². The van der Waals surface area contributed by atoms with Crippen LogP contribution in [0.25, 0.3) is 0 Å². The first kappa shape index (κ1) is 16.5. The molecule has 1 heterocycles. The molecular weight excluding hydrogens is 278 g/mol. The van der Waals surface area contributed by atoms with E-state index in [9.17, 15) is 9.59 Å². The molecular formula is C17H25N3O2. The SMILES string of the molecule is CCCNC(=O)c1cccc(C(=O)NC2CCCNC2C)c1. The lowest BCUT2D eigenvalue weighted by atomic mass is 9.99. The van der Waals surface area contributed by atoms with E-state index < -0.39 is 0 Å². The molecule has 2 amide bonds. The zero-order valence-corrected chi connectivity index (χ0v) is 13.3. The lowest BCUT2D eigenvalue weighted by molar-refractivity contribution is 0.0920. The Labute approximate surface area is 131 Å². The van der Waals surface area contributed by atoms with Gasteiger partial charge in [-0.05, 0) is 50.9 Å². The van der Waals surface area contributed by atoms with Crippen molar-refractivity contribution < 1.29 is 9.59 Å². The van der Waals surface area contributed by atoms with Crippen molar-refractivity contribution in [2.24, 2.45) is 0 Å². The van der Waals surface area contributed by atoms with Gasteiger partial charge in [0.25, 0.3) is 11.8 Å². The summed E-state index contributed by atoms with van der Waals surface area (Å²) in [4.78, 5) is 24.3. The fraction of sp³-hybridized carbons (Fsp3) is 0.529. The standard InChI is InChI=1S/C17H25N3O2/c1-3-9-19-16(21)13-6-4-7-14(11-13)17(22)20-15-8-5-10-18-12(15)2/h4,6-7,11-12,15,18H,3,5,8-10H2,1-2H3,(H,19,21)(H,20,22). The molecule has 0 aliphatic carbocycles. The molecule has 5 heteroatoms. The van der Waals surface area contributed by atoms with Crippen LogP contribution in [0.2, 0.25) is 0 Å². The molecule has 0 aromatic heterocycles. The highest BCUT2D eigenvalue weighted by molar-refractivity contribution is 5.99. The molecule has 3 N–H and O–H groups in total. The van der Waals surface area contributed by atoms with Crippen LogP contribution >= 0.6 is 0 Å². The third-order valence-corrected chi connectivity index (χ3v) is 4.00. The van der Waals surface area contributed by atoms with Crippen molar-refractivity contribution in [3.8, 4) is 0 Å². The Hall–Kier alpha value is -1.88. The zero-order valence-electron chi connectivity index (χ0n) is 13.3. The maximum atomic E-state index is 12.4. The van der Waals surface area contributed by atoms with Gasteiger partial charge >= 0.3 is 0 Å². The number of hydrogen-bond acceptors (Lipinski definition) is 3. The van der Waals surface area contributed by atoms with E-state index in [4.69, 9.17) is 0 Å². The minimum Gasteiger partial charge on any atom is -0.352 e. The predicted octanol–water partition coefficient (Wildman–Crippen LogP) is 1.70. The smallest absolute Gasteiger partial charge is 0.251 e. The lowest BCUT2D eigenvalue weighted by Crippen LogP contribution is -2.51. The van der Waals surface area contributed by atoms with Gasteiger partial charge in [0.15, 0.2) is 0 Å². The second-order valence-electron chi connectivity index (χ2n) is 5.80. The highest BCUT2D eigenvalue weighted by Gasteiger charge is 2.23. The van der Waals surface area contributed by atoms with Crippen LogP contribution in [0.4, 0.5) is 0 Å². The summed E-state index contributed by atoms with van der Waals surface area (Å²) < 4.78 is 0. The number of rotatable bonds is 5. The normalized spacial score (nSPS) is 21.2. The Balaban J connectivity index is 2.02. The number of carbonyl (C=O) groups excluding carboxylic acids is 2. The topological polar surface area (TPSA) is 70.2 Å². The third-order valence-electron chi connectivity index (χ3n) is 4.00. The molecule has 0 spiro atoms. The molecule has 1 fully saturated rings. The Morgan fingerprint density at radius 3 is 2.68 bits per heavy atom. The maximum absolute atomic E-state index is 12.4. The van der Waals surface area contributed by atoms with Crippen LogP contribution in [0.1, 0.15) is 53.8 Å². The fourth-order valence-electron chi connectivity index (χ4n) is 2.64. The van der Waals surface area contributed by atoms with E-state index in [1.54, 1.807) is 24.3 Å². The molecule has 0 bridgehead atoms. The van der Waals surface area contributed by atoms with Gasteiger partial charge in [-0.1, -0.05) is 13.0 Å². The van der Waals surface area contributed by atoms with Gasteiger partial charge in [0, 0.05) is 29.8 Å². The summed E-state index contributed by atoms with van der Waals surface area (Å²) in [6.45, 7) is 5.73. The largest absolute Gasteiger partial charge is 0.352 e. The number of hydrogen-bond donors (Lipinski definition) is 3. The van der Waals surface area contributed by atoms with Crippen LogP contribution in [-0.2, 0) is 0 Å². The van der Waals surface area contributed by atoms with E-state index in [0.29, 0.717) is 17.7 Å². The third kappa shape index (κ3) is 4.31. The number of piperidine rings is 1. The second-order valence-corrected chi connectivity index (χ2v) is 5.80. The minimum absolute atomic E-state index is 0.120. The number of amides is 2. The zero-order chi connectivity index (χ0) is 15.9. The van der Waals surface area contributed by atoms with Gasteiger partial charge in [-0.3, -0.25) is 9.59 Å². The lowest BCUT2D eigenvalue weighted by Gasteiger charge is -2.30. The molecule has 22 heavy (non-hydrogen) atoms. The van der Waals surface area contributed by atoms with Crippen molar-refractivity contribution >= 4 is 11.8 Å². The molecule has 1 aliphatic rings. The van der Waals surface area contributed by atoms with E-state index in [0.717, 1.165) is 25.8 Å². The Bertz CT molecular complexity index is 530.